The van der Waals surface area contributed by atoms with Gasteiger partial charge in [0.2, 0.25) is 0 Å². The normalized spacial score (nSPS) is 13.2. The number of halogens is 4. The first-order chi connectivity index (χ1) is 8.59. The van der Waals surface area contributed by atoms with Crippen molar-refractivity contribution in [2.75, 3.05) is 13.6 Å². The molecule has 0 amide bonds. The van der Waals surface area contributed by atoms with E-state index in [0.29, 0.717) is 10.00 Å². The zero-order valence-electron chi connectivity index (χ0n) is 10.3. The fourth-order valence-electron chi connectivity index (χ4n) is 1.35. The number of aromatic nitrogens is 2. The molecule has 0 radical (unpaired) electrons. The molecular formula is C9H13ClF3N3O2S. The van der Waals surface area contributed by atoms with Crippen molar-refractivity contribution < 1.29 is 21.6 Å². The number of alkyl halides is 4. The highest BCUT2D eigenvalue weighted by atomic mass is 35.5. The van der Waals surface area contributed by atoms with Crippen LogP contribution in [0, 0.1) is 6.92 Å². The summed E-state index contributed by atoms with van der Waals surface area (Å²) >= 11 is 5.62. The average Bonchev–Trinajstić information content (AvgIpc) is 2.66. The molecule has 5 nitrogen and oxygen atoms in total. The number of aromatic amines is 1. The molecule has 0 fully saturated rings. The van der Waals surface area contributed by atoms with Crippen molar-refractivity contribution in [3.05, 3.63) is 11.3 Å². The lowest BCUT2D eigenvalue weighted by Gasteiger charge is -2.17. The van der Waals surface area contributed by atoms with Gasteiger partial charge in [-0.3, -0.25) is 5.10 Å². The van der Waals surface area contributed by atoms with Crippen LogP contribution in [0.5, 0.6) is 0 Å². The standard InChI is InChI=1S/C9H13ClF3N3O2S/c1-6-7(5-10)8(15-14-6)19(17,18)16(2)4-3-9(11,12)13/h3-5H2,1-2H3,(H,14,15). The smallest absolute Gasteiger partial charge is 0.281 e. The fourth-order valence-corrected chi connectivity index (χ4v) is 3.08. The minimum absolute atomic E-state index is 0.0932. The van der Waals surface area contributed by atoms with E-state index in [0.717, 1.165) is 7.05 Å². The van der Waals surface area contributed by atoms with Crippen molar-refractivity contribution >= 4 is 21.6 Å². The molecule has 1 aromatic rings. The maximum absolute atomic E-state index is 12.1. The number of hydrogen-bond donors (Lipinski definition) is 1. The summed E-state index contributed by atoms with van der Waals surface area (Å²) in [6, 6.07) is 0. The van der Waals surface area contributed by atoms with Gasteiger partial charge >= 0.3 is 6.18 Å². The number of sulfonamides is 1. The SMILES string of the molecule is Cc1[nH]nc(S(=O)(=O)N(C)CCC(F)(F)F)c1CCl. The molecule has 1 heterocycles. The topological polar surface area (TPSA) is 66.1 Å². The Hall–Kier alpha value is -0.800. The Labute approximate surface area is 113 Å². The molecule has 0 spiro atoms. The summed E-state index contributed by atoms with van der Waals surface area (Å²) in [5, 5.41) is 5.73. The van der Waals surface area contributed by atoms with Crippen LogP contribution >= 0.6 is 11.6 Å². The maximum Gasteiger partial charge on any atom is 0.390 e. The molecule has 1 aromatic heterocycles. The third-order valence-electron chi connectivity index (χ3n) is 2.53. The molecule has 0 aliphatic carbocycles. The second kappa shape index (κ2) is 5.68. The Bertz CT molecular complexity index is 541. The van der Waals surface area contributed by atoms with Gasteiger partial charge in [-0.15, -0.1) is 11.6 Å². The number of nitrogens with one attached hydrogen (secondary N) is 1. The van der Waals surface area contributed by atoms with Crippen molar-refractivity contribution in [2.45, 2.75) is 30.4 Å². The van der Waals surface area contributed by atoms with E-state index in [1.54, 1.807) is 6.92 Å². The Kier molecular flexibility index (Phi) is 4.86. The zero-order chi connectivity index (χ0) is 14.8. The van der Waals surface area contributed by atoms with Crippen molar-refractivity contribution in [1.82, 2.24) is 14.5 Å². The van der Waals surface area contributed by atoms with Gasteiger partial charge in [0, 0.05) is 24.8 Å². The van der Waals surface area contributed by atoms with Crippen LogP contribution in [0.15, 0.2) is 5.03 Å². The van der Waals surface area contributed by atoms with E-state index in [1.165, 1.54) is 0 Å². The van der Waals surface area contributed by atoms with Crippen LogP contribution < -0.4 is 0 Å². The van der Waals surface area contributed by atoms with Crippen LogP contribution in [0.2, 0.25) is 0 Å². The minimum Gasteiger partial charge on any atom is -0.281 e. The lowest BCUT2D eigenvalue weighted by atomic mass is 10.3. The lowest BCUT2D eigenvalue weighted by Crippen LogP contribution is -2.31. The number of rotatable bonds is 5. The zero-order valence-corrected chi connectivity index (χ0v) is 11.8. The van der Waals surface area contributed by atoms with Crippen LogP contribution in [0.25, 0.3) is 0 Å². The van der Waals surface area contributed by atoms with Crippen LogP contribution in [0.4, 0.5) is 13.2 Å². The molecule has 110 valence electrons. The van der Waals surface area contributed by atoms with Gasteiger partial charge in [0.1, 0.15) is 0 Å². The van der Waals surface area contributed by atoms with Crippen molar-refractivity contribution in [2.24, 2.45) is 0 Å². The molecule has 0 aromatic carbocycles. The largest absolute Gasteiger partial charge is 0.390 e. The van der Waals surface area contributed by atoms with Gasteiger partial charge in [-0.05, 0) is 6.92 Å². The number of aryl methyl sites for hydroxylation is 1. The fraction of sp³-hybridized carbons (Fsp3) is 0.667. The molecule has 19 heavy (non-hydrogen) atoms. The summed E-state index contributed by atoms with van der Waals surface area (Å²) < 4.78 is 61.0. The molecule has 0 atom stereocenters. The Morgan fingerprint density at radius 3 is 2.47 bits per heavy atom. The molecular weight excluding hydrogens is 307 g/mol. The van der Waals surface area contributed by atoms with Gasteiger partial charge in [-0.1, -0.05) is 0 Å². The van der Waals surface area contributed by atoms with Crippen LogP contribution in [0.1, 0.15) is 17.7 Å². The molecule has 0 saturated carbocycles. The quantitative estimate of drug-likeness (QED) is 0.844. The minimum atomic E-state index is -4.42. The first-order valence-electron chi connectivity index (χ1n) is 5.22. The molecule has 0 unspecified atom stereocenters. The first-order valence-corrected chi connectivity index (χ1v) is 7.20. The summed E-state index contributed by atoms with van der Waals surface area (Å²) in [5.74, 6) is -0.0932. The van der Waals surface area contributed by atoms with Gasteiger partial charge in [0.25, 0.3) is 10.0 Å². The highest BCUT2D eigenvalue weighted by Crippen LogP contribution is 2.24. The van der Waals surface area contributed by atoms with Crippen LogP contribution in [-0.4, -0.2) is 42.7 Å². The second-order valence-corrected chi connectivity index (χ2v) is 6.19. The molecule has 1 rings (SSSR count). The third kappa shape index (κ3) is 3.83. The van der Waals surface area contributed by atoms with E-state index in [1.807, 2.05) is 0 Å². The summed E-state index contributed by atoms with van der Waals surface area (Å²) in [4.78, 5) is 0. The van der Waals surface area contributed by atoms with Gasteiger partial charge in [0.05, 0.1) is 12.3 Å². The molecule has 1 N–H and O–H groups in total. The number of nitrogens with zero attached hydrogens (tertiary/aromatic N) is 2. The Morgan fingerprint density at radius 1 is 1.42 bits per heavy atom. The van der Waals surface area contributed by atoms with E-state index in [9.17, 15) is 21.6 Å². The highest BCUT2D eigenvalue weighted by molar-refractivity contribution is 7.89. The van der Waals surface area contributed by atoms with Crippen molar-refractivity contribution in [3.63, 3.8) is 0 Å². The Morgan fingerprint density at radius 2 is 2.00 bits per heavy atom. The summed E-state index contributed by atoms with van der Waals surface area (Å²) in [5.41, 5.74) is 0.735. The summed E-state index contributed by atoms with van der Waals surface area (Å²) in [7, 11) is -3.00. The van der Waals surface area contributed by atoms with E-state index in [-0.39, 0.29) is 16.5 Å². The number of hydrogen-bond acceptors (Lipinski definition) is 3. The average molecular weight is 320 g/mol. The van der Waals surface area contributed by atoms with Gasteiger partial charge in [0.15, 0.2) is 5.03 Å². The van der Waals surface area contributed by atoms with Crippen LogP contribution in [-0.2, 0) is 15.9 Å². The molecule has 0 bridgehead atoms. The first kappa shape index (κ1) is 16.3. The predicted octanol–water partition coefficient (Wildman–Crippen LogP) is 2.03. The summed E-state index contributed by atoms with van der Waals surface area (Å²) in [6.45, 7) is 0.916. The maximum atomic E-state index is 12.1. The lowest BCUT2D eigenvalue weighted by molar-refractivity contribution is -0.135. The monoisotopic (exact) mass is 319 g/mol. The van der Waals surface area contributed by atoms with Crippen molar-refractivity contribution in [3.8, 4) is 0 Å². The van der Waals surface area contributed by atoms with Gasteiger partial charge in [-0.25, -0.2) is 8.42 Å². The van der Waals surface area contributed by atoms with E-state index >= 15 is 0 Å². The molecule has 10 heteroatoms. The van der Waals surface area contributed by atoms with Gasteiger partial charge in [-0.2, -0.15) is 22.6 Å². The Balaban J connectivity index is 2.97. The predicted molar refractivity (Wildman–Crippen MR) is 63.4 cm³/mol. The number of H-pyrrole nitrogens is 1. The molecule has 0 saturated heterocycles. The van der Waals surface area contributed by atoms with E-state index in [4.69, 9.17) is 11.6 Å². The summed E-state index contributed by atoms with van der Waals surface area (Å²) in [6.07, 6.45) is -5.64. The van der Waals surface area contributed by atoms with Gasteiger partial charge < -0.3 is 0 Å². The third-order valence-corrected chi connectivity index (χ3v) is 4.63. The van der Waals surface area contributed by atoms with E-state index < -0.39 is 29.2 Å². The van der Waals surface area contributed by atoms with Crippen LogP contribution in [0.3, 0.4) is 0 Å². The molecule has 0 aliphatic heterocycles. The highest BCUT2D eigenvalue weighted by Gasteiger charge is 2.32. The van der Waals surface area contributed by atoms with Crippen molar-refractivity contribution in [1.29, 1.82) is 0 Å². The second-order valence-electron chi connectivity index (χ2n) is 3.96. The van der Waals surface area contributed by atoms with E-state index in [2.05, 4.69) is 10.2 Å². The molecule has 0 aliphatic rings.